The molecule has 28 heavy (non-hydrogen) atoms. The summed E-state index contributed by atoms with van der Waals surface area (Å²) in [5.74, 6) is 0. The number of nitrogens with one attached hydrogen (secondary N) is 1. The molecule has 0 spiro atoms. The normalized spacial score (nSPS) is 25.7. The number of aromatic nitrogens is 2. The molecule has 4 atom stereocenters. The van der Waals surface area contributed by atoms with E-state index in [1.165, 1.54) is 6.20 Å². The van der Waals surface area contributed by atoms with Crippen molar-refractivity contribution >= 4 is 7.60 Å². The Morgan fingerprint density at radius 3 is 2.36 bits per heavy atom. The quantitative estimate of drug-likeness (QED) is 0.473. The molecule has 0 radical (unpaired) electrons. The van der Waals surface area contributed by atoms with E-state index in [2.05, 4.69) is 4.98 Å². The van der Waals surface area contributed by atoms with Gasteiger partial charge in [0.2, 0.25) is 0 Å². The molecule has 0 amide bonds. The van der Waals surface area contributed by atoms with E-state index in [-0.39, 0.29) is 12.2 Å². The van der Waals surface area contributed by atoms with E-state index in [0.29, 0.717) is 0 Å². The SMILES string of the molecule is CC(C)OP(=O)(CO[C@H]1[C@@H](O)[C@H](n2ccc(=O)[nH]c2=O)O[C@@H]1CO)OC(C)C. The summed E-state index contributed by atoms with van der Waals surface area (Å²) in [7, 11) is -3.64. The highest BCUT2D eigenvalue weighted by molar-refractivity contribution is 7.53. The number of rotatable bonds is 9. The second-order valence-electron chi connectivity index (χ2n) is 6.94. The van der Waals surface area contributed by atoms with Crippen LogP contribution < -0.4 is 11.2 Å². The van der Waals surface area contributed by atoms with Gasteiger partial charge in [-0.25, -0.2) is 4.79 Å². The van der Waals surface area contributed by atoms with E-state index in [0.717, 1.165) is 10.6 Å². The summed E-state index contributed by atoms with van der Waals surface area (Å²) in [6, 6.07) is 1.10. The number of ether oxygens (including phenoxy) is 2. The smallest absolute Gasteiger partial charge is 0.356 e. The summed E-state index contributed by atoms with van der Waals surface area (Å²) < 4.78 is 35.7. The standard InChI is InChI=1S/C16H27N2O9P/c1-9(2)26-28(23,27-10(3)4)8-24-14-11(7-19)25-15(13(14)21)18-6-5-12(20)17-16(18)22/h5-6,9-11,13-15,19,21H,7-8H2,1-4H3,(H,17,20,22)/t11-,13-,14-,15-/m1/s1. The van der Waals surface area contributed by atoms with Gasteiger partial charge < -0.3 is 28.7 Å². The lowest BCUT2D eigenvalue weighted by Gasteiger charge is -2.26. The van der Waals surface area contributed by atoms with Crippen LogP contribution in [-0.4, -0.2) is 63.2 Å². The third-order valence-corrected chi connectivity index (χ3v) is 5.73. The molecular formula is C16H27N2O9P. The third-order valence-electron chi connectivity index (χ3n) is 3.78. The van der Waals surface area contributed by atoms with Crippen molar-refractivity contribution in [2.24, 2.45) is 0 Å². The highest BCUT2D eigenvalue weighted by Crippen LogP contribution is 2.51. The molecule has 1 fully saturated rings. The lowest BCUT2D eigenvalue weighted by molar-refractivity contribution is -0.0593. The first kappa shape index (κ1) is 23.0. The van der Waals surface area contributed by atoms with Crippen LogP contribution in [-0.2, 0) is 23.1 Å². The molecule has 1 aliphatic rings. The van der Waals surface area contributed by atoms with Crippen LogP contribution in [0.2, 0.25) is 0 Å². The second-order valence-corrected chi connectivity index (χ2v) is 8.84. The molecule has 1 aromatic heterocycles. The van der Waals surface area contributed by atoms with Gasteiger partial charge in [0.15, 0.2) is 6.23 Å². The van der Waals surface area contributed by atoms with Crippen LogP contribution in [0.5, 0.6) is 0 Å². The van der Waals surface area contributed by atoms with Crippen molar-refractivity contribution in [3.63, 3.8) is 0 Å². The highest BCUT2D eigenvalue weighted by Gasteiger charge is 2.46. The van der Waals surface area contributed by atoms with E-state index in [4.69, 9.17) is 18.5 Å². The van der Waals surface area contributed by atoms with Crippen LogP contribution in [0, 0.1) is 0 Å². The van der Waals surface area contributed by atoms with Gasteiger partial charge in [-0.2, -0.15) is 0 Å². The summed E-state index contributed by atoms with van der Waals surface area (Å²) in [5.41, 5.74) is -1.39. The fourth-order valence-corrected chi connectivity index (χ4v) is 4.65. The maximum absolute atomic E-state index is 12.9. The molecule has 0 bridgehead atoms. The van der Waals surface area contributed by atoms with Crippen molar-refractivity contribution < 1.29 is 33.3 Å². The zero-order valence-electron chi connectivity index (χ0n) is 16.2. The van der Waals surface area contributed by atoms with E-state index < -0.39 is 56.3 Å². The first-order valence-electron chi connectivity index (χ1n) is 8.89. The van der Waals surface area contributed by atoms with Crippen LogP contribution in [0.1, 0.15) is 33.9 Å². The Hall–Kier alpha value is -1.33. The summed E-state index contributed by atoms with van der Waals surface area (Å²) >= 11 is 0. The molecule has 0 unspecified atom stereocenters. The van der Waals surface area contributed by atoms with Crippen LogP contribution in [0.25, 0.3) is 0 Å². The summed E-state index contributed by atoms with van der Waals surface area (Å²) in [6.45, 7) is 6.26. The largest absolute Gasteiger partial charge is 0.394 e. The number of hydrogen-bond donors (Lipinski definition) is 3. The fraction of sp³-hybridized carbons (Fsp3) is 0.750. The van der Waals surface area contributed by atoms with Gasteiger partial charge in [-0.15, -0.1) is 0 Å². The van der Waals surface area contributed by atoms with Crippen LogP contribution in [0.4, 0.5) is 0 Å². The van der Waals surface area contributed by atoms with Crippen LogP contribution in [0.15, 0.2) is 21.9 Å². The van der Waals surface area contributed by atoms with Crippen molar-refractivity contribution in [1.29, 1.82) is 0 Å². The first-order valence-corrected chi connectivity index (χ1v) is 10.6. The maximum Gasteiger partial charge on any atom is 0.356 e. The predicted octanol–water partition coefficient (Wildman–Crippen LogP) is 0.173. The van der Waals surface area contributed by atoms with Crippen LogP contribution >= 0.6 is 7.60 Å². The molecule has 1 aromatic rings. The minimum absolute atomic E-state index is 0.390. The monoisotopic (exact) mass is 422 g/mol. The minimum atomic E-state index is -3.64. The van der Waals surface area contributed by atoms with Crippen LogP contribution in [0.3, 0.4) is 0 Å². The van der Waals surface area contributed by atoms with Gasteiger partial charge in [-0.1, -0.05) is 0 Å². The Kier molecular flexibility index (Phi) is 7.74. The summed E-state index contributed by atoms with van der Waals surface area (Å²) in [4.78, 5) is 25.2. The molecule has 2 heterocycles. The van der Waals surface area contributed by atoms with E-state index in [1.807, 2.05) is 0 Å². The number of aromatic amines is 1. The molecule has 11 nitrogen and oxygen atoms in total. The lowest BCUT2D eigenvalue weighted by atomic mass is 10.1. The summed E-state index contributed by atoms with van der Waals surface area (Å²) in [6.07, 6.45) is -4.77. The second kappa shape index (κ2) is 9.45. The van der Waals surface area contributed by atoms with Crippen molar-refractivity contribution in [1.82, 2.24) is 9.55 Å². The maximum atomic E-state index is 12.9. The van der Waals surface area contributed by atoms with Gasteiger partial charge in [-0.05, 0) is 27.7 Å². The van der Waals surface area contributed by atoms with Gasteiger partial charge >= 0.3 is 13.3 Å². The first-order chi connectivity index (χ1) is 13.1. The Morgan fingerprint density at radius 2 is 1.86 bits per heavy atom. The third kappa shape index (κ3) is 5.60. The predicted molar refractivity (Wildman–Crippen MR) is 98.1 cm³/mol. The Balaban J connectivity index is 2.18. The zero-order chi connectivity index (χ0) is 21.1. The fourth-order valence-electron chi connectivity index (χ4n) is 2.84. The van der Waals surface area contributed by atoms with E-state index >= 15 is 0 Å². The van der Waals surface area contributed by atoms with Gasteiger partial charge in [0, 0.05) is 12.3 Å². The number of aliphatic hydroxyl groups is 2. The molecule has 0 aliphatic carbocycles. The van der Waals surface area contributed by atoms with Crippen molar-refractivity contribution in [3.05, 3.63) is 33.1 Å². The molecular weight excluding hydrogens is 395 g/mol. The molecule has 2 rings (SSSR count). The van der Waals surface area contributed by atoms with Gasteiger partial charge in [0.05, 0.1) is 18.8 Å². The number of aliphatic hydroxyl groups excluding tert-OH is 2. The van der Waals surface area contributed by atoms with Crippen molar-refractivity contribution in [2.75, 3.05) is 13.0 Å². The topological polar surface area (TPSA) is 149 Å². The van der Waals surface area contributed by atoms with Gasteiger partial charge in [-0.3, -0.25) is 18.9 Å². The van der Waals surface area contributed by atoms with E-state index in [9.17, 15) is 24.4 Å². The lowest BCUT2D eigenvalue weighted by Crippen LogP contribution is -2.39. The average molecular weight is 422 g/mol. The molecule has 160 valence electrons. The Bertz CT molecular complexity index is 792. The minimum Gasteiger partial charge on any atom is -0.394 e. The number of hydrogen-bond acceptors (Lipinski definition) is 9. The molecule has 1 saturated heterocycles. The molecule has 0 saturated carbocycles. The van der Waals surface area contributed by atoms with Gasteiger partial charge in [0.25, 0.3) is 5.56 Å². The number of nitrogens with zero attached hydrogens (tertiary/aromatic N) is 1. The molecule has 1 aliphatic heterocycles. The Labute approximate surface area is 161 Å². The molecule has 0 aromatic carbocycles. The molecule has 3 N–H and O–H groups in total. The number of H-pyrrole nitrogens is 1. The highest BCUT2D eigenvalue weighted by atomic mass is 31.2. The van der Waals surface area contributed by atoms with E-state index in [1.54, 1.807) is 27.7 Å². The van der Waals surface area contributed by atoms with Crippen molar-refractivity contribution in [2.45, 2.75) is 64.4 Å². The zero-order valence-corrected chi connectivity index (χ0v) is 17.1. The van der Waals surface area contributed by atoms with Gasteiger partial charge in [0.1, 0.15) is 24.7 Å². The summed E-state index contributed by atoms with van der Waals surface area (Å²) in [5, 5.41) is 20.1. The molecule has 12 heteroatoms. The average Bonchev–Trinajstić information content (AvgIpc) is 2.87. The van der Waals surface area contributed by atoms with Crippen molar-refractivity contribution in [3.8, 4) is 0 Å². The Morgan fingerprint density at radius 1 is 1.25 bits per heavy atom.